The van der Waals surface area contributed by atoms with Gasteiger partial charge in [-0.05, 0) is 6.92 Å². The summed E-state index contributed by atoms with van der Waals surface area (Å²) in [7, 11) is -2.25. The third-order valence-electron chi connectivity index (χ3n) is 2.09. The molecule has 3 N–H and O–H groups in total. The van der Waals surface area contributed by atoms with Gasteiger partial charge in [0.15, 0.2) is 10.8 Å². The molecule has 1 rings (SSSR count). The smallest absolute Gasteiger partial charge is 0.307 e. The summed E-state index contributed by atoms with van der Waals surface area (Å²) >= 11 is 0. The van der Waals surface area contributed by atoms with Crippen molar-refractivity contribution in [2.75, 3.05) is 18.9 Å². The maximum atomic E-state index is 11.9. The van der Waals surface area contributed by atoms with Gasteiger partial charge in [-0.25, -0.2) is 18.1 Å². The molecule has 0 bridgehead atoms. The van der Waals surface area contributed by atoms with Crippen LogP contribution in [0.25, 0.3) is 0 Å². The van der Waals surface area contributed by atoms with E-state index in [9.17, 15) is 13.2 Å². The van der Waals surface area contributed by atoms with Crippen molar-refractivity contribution in [2.45, 2.75) is 18.4 Å². The summed E-state index contributed by atoms with van der Waals surface area (Å²) in [5.74, 6) is -0.542. The van der Waals surface area contributed by atoms with Crippen LogP contribution in [0.2, 0.25) is 0 Å². The Bertz CT molecular complexity index is 503. The second-order valence-corrected chi connectivity index (χ2v) is 5.18. The Labute approximate surface area is 105 Å². The molecule has 0 spiro atoms. The highest BCUT2D eigenvalue weighted by molar-refractivity contribution is 7.89. The molecule has 8 nitrogen and oxygen atoms in total. The van der Waals surface area contributed by atoms with E-state index < -0.39 is 16.0 Å². The molecular formula is C9H16N4O4S. The number of ether oxygens (including phenoxy) is 1. The molecule has 102 valence electrons. The van der Waals surface area contributed by atoms with Gasteiger partial charge < -0.3 is 15.0 Å². The van der Waals surface area contributed by atoms with Crippen LogP contribution in [0.3, 0.4) is 0 Å². The topological polar surface area (TPSA) is 116 Å². The number of nitrogens with two attached hydrogens (primary N) is 1. The summed E-state index contributed by atoms with van der Waals surface area (Å²) < 4.78 is 32.0. The number of carbonyl (C=O) groups excluding carboxylic acids is 1. The van der Waals surface area contributed by atoms with Crippen molar-refractivity contribution < 1.29 is 17.9 Å². The van der Waals surface area contributed by atoms with Crippen molar-refractivity contribution in [3.8, 4) is 0 Å². The number of anilines is 1. The third kappa shape index (κ3) is 3.44. The number of nitrogens with one attached hydrogen (secondary N) is 1. The van der Waals surface area contributed by atoms with Crippen LogP contribution in [0.1, 0.15) is 13.3 Å². The van der Waals surface area contributed by atoms with Crippen molar-refractivity contribution >= 4 is 21.8 Å². The number of hydrogen-bond donors (Lipinski definition) is 2. The Morgan fingerprint density at radius 3 is 2.78 bits per heavy atom. The molecule has 0 radical (unpaired) electrons. The number of esters is 1. The fraction of sp³-hybridized carbons (Fsp3) is 0.556. The Kier molecular flexibility index (Phi) is 4.68. The Morgan fingerprint density at radius 1 is 1.61 bits per heavy atom. The summed E-state index contributed by atoms with van der Waals surface area (Å²) in [6.07, 6.45) is 1.26. The molecule has 1 heterocycles. The Balaban J connectivity index is 2.64. The second kappa shape index (κ2) is 5.83. The minimum atomic E-state index is -3.77. The molecule has 0 saturated heterocycles. The van der Waals surface area contributed by atoms with E-state index in [-0.39, 0.29) is 30.4 Å². The predicted octanol–water partition coefficient (Wildman–Crippen LogP) is -0.766. The molecule has 0 unspecified atom stereocenters. The zero-order valence-electron chi connectivity index (χ0n) is 10.2. The van der Waals surface area contributed by atoms with Gasteiger partial charge >= 0.3 is 5.97 Å². The van der Waals surface area contributed by atoms with Crippen molar-refractivity contribution in [1.82, 2.24) is 14.3 Å². The maximum Gasteiger partial charge on any atom is 0.307 e. The van der Waals surface area contributed by atoms with Crippen LogP contribution in [0, 0.1) is 0 Å². The van der Waals surface area contributed by atoms with Gasteiger partial charge in [0.1, 0.15) is 0 Å². The van der Waals surface area contributed by atoms with Gasteiger partial charge in [0, 0.05) is 13.6 Å². The summed E-state index contributed by atoms with van der Waals surface area (Å²) in [4.78, 5) is 14.7. The van der Waals surface area contributed by atoms with Crippen LogP contribution in [-0.2, 0) is 26.6 Å². The SMILES string of the molecule is CCOC(=O)CCNS(=O)(=O)c1c(N)ncn1C. The lowest BCUT2D eigenvalue weighted by Crippen LogP contribution is -2.28. The number of nitrogen functional groups attached to an aromatic ring is 1. The van der Waals surface area contributed by atoms with E-state index in [1.807, 2.05) is 0 Å². The normalized spacial score (nSPS) is 11.4. The number of aryl methyl sites for hydroxylation is 1. The summed E-state index contributed by atoms with van der Waals surface area (Å²) in [6.45, 7) is 1.89. The lowest BCUT2D eigenvalue weighted by molar-refractivity contribution is -0.142. The van der Waals surface area contributed by atoms with E-state index in [0.29, 0.717) is 0 Å². The Morgan fingerprint density at radius 2 is 2.28 bits per heavy atom. The largest absolute Gasteiger partial charge is 0.466 e. The number of aromatic nitrogens is 2. The van der Waals surface area contributed by atoms with Crippen LogP contribution in [-0.4, -0.2) is 37.1 Å². The summed E-state index contributed by atoms with van der Waals surface area (Å²) in [6, 6.07) is 0. The molecule has 0 aliphatic heterocycles. The molecule has 18 heavy (non-hydrogen) atoms. The number of sulfonamides is 1. The molecular weight excluding hydrogens is 260 g/mol. The number of nitrogens with zero attached hydrogens (tertiary/aromatic N) is 2. The van der Waals surface area contributed by atoms with Crippen LogP contribution in [0.4, 0.5) is 5.82 Å². The average molecular weight is 276 g/mol. The Hall–Kier alpha value is -1.61. The van der Waals surface area contributed by atoms with Crippen LogP contribution < -0.4 is 10.5 Å². The molecule has 0 atom stereocenters. The molecule has 0 amide bonds. The second-order valence-electron chi connectivity index (χ2n) is 3.50. The van der Waals surface area contributed by atoms with Crippen LogP contribution >= 0.6 is 0 Å². The van der Waals surface area contributed by atoms with E-state index in [2.05, 4.69) is 14.4 Å². The lowest BCUT2D eigenvalue weighted by atomic mass is 10.4. The number of hydrogen-bond acceptors (Lipinski definition) is 6. The molecule has 1 aromatic rings. The quantitative estimate of drug-likeness (QED) is 0.659. The molecule has 0 fully saturated rings. The fourth-order valence-electron chi connectivity index (χ4n) is 1.35. The van der Waals surface area contributed by atoms with Gasteiger partial charge in [-0.1, -0.05) is 0 Å². The molecule has 0 aliphatic carbocycles. The average Bonchev–Trinajstić information content (AvgIpc) is 2.59. The standard InChI is InChI=1S/C9H16N4O4S/c1-3-17-7(14)4-5-12-18(15,16)9-8(10)11-6-13(9)2/h6,12H,3-5,10H2,1-2H3. The summed E-state index contributed by atoms with van der Waals surface area (Å²) in [5, 5.41) is -0.119. The highest BCUT2D eigenvalue weighted by Gasteiger charge is 2.22. The van der Waals surface area contributed by atoms with E-state index in [1.165, 1.54) is 17.9 Å². The van der Waals surface area contributed by atoms with Crippen molar-refractivity contribution in [1.29, 1.82) is 0 Å². The lowest BCUT2D eigenvalue weighted by Gasteiger charge is -2.07. The first-order valence-electron chi connectivity index (χ1n) is 5.30. The first-order valence-corrected chi connectivity index (χ1v) is 6.79. The molecule has 0 saturated carbocycles. The van der Waals surface area contributed by atoms with Crippen LogP contribution in [0.15, 0.2) is 11.4 Å². The van der Waals surface area contributed by atoms with E-state index in [4.69, 9.17) is 5.73 Å². The molecule has 1 aromatic heterocycles. The van der Waals surface area contributed by atoms with Gasteiger partial charge in [0.25, 0.3) is 10.0 Å². The van der Waals surface area contributed by atoms with Crippen molar-refractivity contribution in [2.24, 2.45) is 7.05 Å². The minimum Gasteiger partial charge on any atom is -0.466 e. The van der Waals surface area contributed by atoms with Gasteiger partial charge in [-0.3, -0.25) is 4.79 Å². The fourth-order valence-corrected chi connectivity index (χ4v) is 2.62. The number of carbonyl (C=O) groups is 1. The van der Waals surface area contributed by atoms with Crippen molar-refractivity contribution in [3.05, 3.63) is 6.33 Å². The maximum absolute atomic E-state index is 11.9. The van der Waals surface area contributed by atoms with Gasteiger partial charge in [-0.15, -0.1) is 0 Å². The van der Waals surface area contributed by atoms with Gasteiger partial charge in [-0.2, -0.15) is 0 Å². The zero-order chi connectivity index (χ0) is 13.8. The molecule has 0 aromatic carbocycles. The molecule has 9 heteroatoms. The monoisotopic (exact) mass is 276 g/mol. The third-order valence-corrected chi connectivity index (χ3v) is 3.68. The van der Waals surface area contributed by atoms with E-state index >= 15 is 0 Å². The van der Waals surface area contributed by atoms with E-state index in [0.717, 1.165) is 0 Å². The highest BCUT2D eigenvalue weighted by atomic mass is 32.2. The van der Waals surface area contributed by atoms with E-state index in [1.54, 1.807) is 6.92 Å². The first-order chi connectivity index (χ1) is 8.38. The van der Waals surface area contributed by atoms with Gasteiger partial charge in [0.05, 0.1) is 19.4 Å². The van der Waals surface area contributed by atoms with Crippen molar-refractivity contribution in [3.63, 3.8) is 0 Å². The first kappa shape index (κ1) is 14.5. The minimum absolute atomic E-state index is 0.0369. The number of imidazole rings is 1. The summed E-state index contributed by atoms with van der Waals surface area (Å²) in [5.41, 5.74) is 5.46. The predicted molar refractivity (Wildman–Crippen MR) is 64.1 cm³/mol. The molecule has 0 aliphatic rings. The van der Waals surface area contributed by atoms with Crippen LogP contribution in [0.5, 0.6) is 0 Å². The zero-order valence-corrected chi connectivity index (χ0v) is 11.0. The number of rotatable bonds is 6. The highest BCUT2D eigenvalue weighted by Crippen LogP contribution is 2.14. The van der Waals surface area contributed by atoms with Gasteiger partial charge in [0.2, 0.25) is 0 Å².